The van der Waals surface area contributed by atoms with Crippen LogP contribution in [0.15, 0.2) is 34.8 Å². The van der Waals surface area contributed by atoms with E-state index >= 15 is 0 Å². The van der Waals surface area contributed by atoms with Crippen molar-refractivity contribution in [1.29, 1.82) is 0 Å². The molecule has 4 heteroatoms. The predicted octanol–water partition coefficient (Wildman–Crippen LogP) is 4.80. The monoisotopic (exact) mass is 349 g/mol. The highest BCUT2D eigenvalue weighted by Crippen LogP contribution is 2.32. The third-order valence-corrected chi connectivity index (χ3v) is 3.91. The van der Waals surface area contributed by atoms with E-state index in [2.05, 4.69) is 35.8 Å². The van der Waals surface area contributed by atoms with Crippen LogP contribution < -0.4 is 10.5 Å². The Morgan fingerprint density at radius 1 is 1.10 bits per heavy atom. The third kappa shape index (κ3) is 3.19. The smallest absolute Gasteiger partial charge is 0.138 e. The lowest BCUT2D eigenvalue weighted by Gasteiger charge is -2.15. The summed E-state index contributed by atoms with van der Waals surface area (Å²) in [6, 6.07) is 9.80. The number of ether oxygens (including phenoxy) is 1. The largest absolute Gasteiger partial charge is 0.456 e. The average molecular weight is 350 g/mol. The van der Waals surface area contributed by atoms with Crippen molar-refractivity contribution < 1.29 is 4.74 Å². The summed E-state index contributed by atoms with van der Waals surface area (Å²) in [4.78, 5) is 0.328. The fraction of sp³-hybridized carbons (Fsp3) is 0.188. The van der Waals surface area contributed by atoms with Crippen molar-refractivity contribution in [3.8, 4) is 11.5 Å². The van der Waals surface area contributed by atoms with Crippen LogP contribution in [0.2, 0.25) is 0 Å². The first-order chi connectivity index (χ1) is 9.38. The molecule has 0 aliphatic rings. The Labute approximate surface area is 133 Å². The predicted molar refractivity (Wildman–Crippen MR) is 90.8 cm³/mol. The highest BCUT2D eigenvalue weighted by molar-refractivity contribution is 9.10. The van der Waals surface area contributed by atoms with Crippen molar-refractivity contribution >= 4 is 33.1 Å². The number of hydrogen-bond acceptors (Lipinski definition) is 2. The van der Waals surface area contributed by atoms with E-state index in [1.54, 1.807) is 0 Å². The molecule has 2 aromatic rings. The van der Waals surface area contributed by atoms with Gasteiger partial charge in [-0.25, -0.2) is 0 Å². The number of nitrogens with two attached hydrogens (primary N) is 1. The van der Waals surface area contributed by atoms with Gasteiger partial charge in [-0.1, -0.05) is 34.2 Å². The van der Waals surface area contributed by atoms with Gasteiger partial charge in [-0.15, -0.1) is 0 Å². The highest BCUT2D eigenvalue weighted by atomic mass is 79.9. The van der Waals surface area contributed by atoms with Crippen molar-refractivity contribution in [3.05, 3.63) is 57.1 Å². The molecule has 20 heavy (non-hydrogen) atoms. The fourth-order valence-electron chi connectivity index (χ4n) is 2.01. The molecule has 2 N–H and O–H groups in total. The summed E-state index contributed by atoms with van der Waals surface area (Å²) in [7, 11) is 0. The number of hydrogen-bond donors (Lipinski definition) is 1. The quantitative estimate of drug-likeness (QED) is 0.808. The van der Waals surface area contributed by atoms with E-state index in [0.29, 0.717) is 10.7 Å². The van der Waals surface area contributed by atoms with E-state index in [4.69, 9.17) is 22.7 Å². The maximum atomic E-state index is 6.05. The van der Waals surface area contributed by atoms with Crippen LogP contribution in [-0.4, -0.2) is 4.99 Å². The minimum Gasteiger partial charge on any atom is -0.456 e. The lowest BCUT2D eigenvalue weighted by Crippen LogP contribution is -2.10. The maximum Gasteiger partial charge on any atom is 0.138 e. The Morgan fingerprint density at radius 3 is 2.45 bits per heavy atom. The highest BCUT2D eigenvalue weighted by Gasteiger charge is 2.11. The molecule has 2 nitrogen and oxygen atoms in total. The van der Waals surface area contributed by atoms with Crippen LogP contribution in [0.25, 0.3) is 0 Å². The molecule has 0 saturated carbocycles. The van der Waals surface area contributed by atoms with Gasteiger partial charge in [0.2, 0.25) is 0 Å². The summed E-state index contributed by atoms with van der Waals surface area (Å²) >= 11 is 8.52. The zero-order valence-corrected chi connectivity index (χ0v) is 14.1. The molecule has 0 aromatic heterocycles. The van der Waals surface area contributed by atoms with Gasteiger partial charge in [0.15, 0.2) is 0 Å². The molecule has 0 bridgehead atoms. The van der Waals surface area contributed by atoms with Crippen LogP contribution in [0.1, 0.15) is 22.3 Å². The van der Waals surface area contributed by atoms with Gasteiger partial charge in [0.05, 0.1) is 5.56 Å². The van der Waals surface area contributed by atoms with Gasteiger partial charge in [-0.3, -0.25) is 0 Å². The van der Waals surface area contributed by atoms with Crippen molar-refractivity contribution in [2.75, 3.05) is 0 Å². The lowest BCUT2D eigenvalue weighted by atomic mass is 10.1. The number of aryl methyl sites for hydroxylation is 2. The second-order valence-electron chi connectivity index (χ2n) is 4.81. The first-order valence-electron chi connectivity index (χ1n) is 6.23. The van der Waals surface area contributed by atoms with E-state index in [0.717, 1.165) is 26.9 Å². The minimum absolute atomic E-state index is 0.328. The van der Waals surface area contributed by atoms with Gasteiger partial charge < -0.3 is 10.5 Å². The molecule has 0 atom stereocenters. The van der Waals surface area contributed by atoms with E-state index < -0.39 is 0 Å². The summed E-state index contributed by atoms with van der Waals surface area (Å²) in [6.07, 6.45) is 0. The molecule has 0 aliphatic carbocycles. The molecule has 0 aliphatic heterocycles. The molecule has 0 heterocycles. The van der Waals surface area contributed by atoms with Gasteiger partial charge in [-0.2, -0.15) is 0 Å². The molecule has 0 amide bonds. The Morgan fingerprint density at radius 2 is 1.80 bits per heavy atom. The fourth-order valence-corrected chi connectivity index (χ4v) is 2.52. The van der Waals surface area contributed by atoms with Gasteiger partial charge in [-0.05, 0) is 61.7 Å². The molecule has 2 rings (SSSR count). The lowest BCUT2D eigenvalue weighted by molar-refractivity contribution is 0.476. The molecule has 0 spiro atoms. The molecular formula is C16H16BrNOS. The van der Waals surface area contributed by atoms with E-state index in [1.165, 1.54) is 5.56 Å². The Hall–Kier alpha value is -1.39. The molecule has 0 radical (unpaired) electrons. The summed E-state index contributed by atoms with van der Waals surface area (Å²) < 4.78 is 6.97. The molecule has 0 saturated heterocycles. The van der Waals surface area contributed by atoms with Crippen LogP contribution >= 0.6 is 28.1 Å². The van der Waals surface area contributed by atoms with Crippen LogP contribution in [-0.2, 0) is 0 Å². The van der Waals surface area contributed by atoms with Crippen molar-refractivity contribution in [1.82, 2.24) is 0 Å². The Kier molecular flexibility index (Phi) is 4.45. The minimum atomic E-state index is 0.328. The average Bonchev–Trinajstić information content (AvgIpc) is 2.35. The van der Waals surface area contributed by atoms with Crippen molar-refractivity contribution in [2.24, 2.45) is 5.73 Å². The number of rotatable bonds is 3. The second-order valence-corrected chi connectivity index (χ2v) is 6.17. The summed E-state index contributed by atoms with van der Waals surface area (Å²) in [6.45, 7) is 6.17. The van der Waals surface area contributed by atoms with Crippen LogP contribution in [0, 0.1) is 20.8 Å². The van der Waals surface area contributed by atoms with Crippen LogP contribution in [0.5, 0.6) is 11.5 Å². The van der Waals surface area contributed by atoms with Crippen molar-refractivity contribution in [2.45, 2.75) is 20.8 Å². The molecule has 0 fully saturated rings. The Balaban J connectivity index is 2.50. The Bertz CT molecular complexity index is 682. The number of thiocarbonyl (C=S) groups is 1. The zero-order chi connectivity index (χ0) is 14.9. The molecule has 2 aromatic carbocycles. The number of benzene rings is 2. The van der Waals surface area contributed by atoms with Crippen LogP contribution in [0.4, 0.5) is 0 Å². The topological polar surface area (TPSA) is 35.2 Å². The second kappa shape index (κ2) is 5.94. The standard InChI is InChI=1S/C16H16BrNOS/c1-9-6-10(2)11(3)14(7-9)19-15-8-12(17)4-5-13(15)16(18)20/h4-8H,1-3H3,(H2,18,20). The third-order valence-electron chi connectivity index (χ3n) is 3.19. The van der Waals surface area contributed by atoms with Gasteiger partial charge in [0, 0.05) is 4.47 Å². The summed E-state index contributed by atoms with van der Waals surface area (Å²) in [5.74, 6) is 1.50. The zero-order valence-electron chi connectivity index (χ0n) is 11.7. The van der Waals surface area contributed by atoms with Crippen molar-refractivity contribution in [3.63, 3.8) is 0 Å². The van der Waals surface area contributed by atoms with E-state index in [1.807, 2.05) is 31.2 Å². The van der Waals surface area contributed by atoms with Gasteiger partial charge >= 0.3 is 0 Å². The number of halogens is 1. The summed E-state index contributed by atoms with van der Waals surface area (Å²) in [5, 5.41) is 0. The van der Waals surface area contributed by atoms with Gasteiger partial charge in [0.1, 0.15) is 16.5 Å². The van der Waals surface area contributed by atoms with Gasteiger partial charge in [0.25, 0.3) is 0 Å². The molecule has 0 unspecified atom stereocenters. The normalized spacial score (nSPS) is 10.4. The first-order valence-corrected chi connectivity index (χ1v) is 7.43. The summed E-state index contributed by atoms with van der Waals surface area (Å²) in [5.41, 5.74) is 9.97. The first kappa shape index (κ1) is 15.0. The molecular weight excluding hydrogens is 334 g/mol. The van der Waals surface area contributed by atoms with E-state index in [-0.39, 0.29) is 0 Å². The molecule has 104 valence electrons. The van der Waals surface area contributed by atoms with E-state index in [9.17, 15) is 0 Å². The maximum absolute atomic E-state index is 6.05. The van der Waals surface area contributed by atoms with Crippen LogP contribution in [0.3, 0.4) is 0 Å². The SMILES string of the molecule is Cc1cc(C)c(C)c(Oc2cc(Br)ccc2C(N)=S)c1.